The lowest BCUT2D eigenvalue weighted by Gasteiger charge is -2.02. The molecule has 0 aromatic heterocycles. The molecular weight excluding hydrogens is 223 g/mol. The fourth-order valence-corrected chi connectivity index (χ4v) is 2.16. The van der Waals surface area contributed by atoms with Gasteiger partial charge in [0.25, 0.3) is 0 Å². The molecule has 2 atom stereocenters. The average molecular weight is 231 g/mol. The van der Waals surface area contributed by atoms with Crippen LogP contribution in [0.2, 0.25) is 10.0 Å². The molecule has 1 fully saturated rings. The number of benzene rings is 1. The number of hydrogen-bond donors (Lipinski definition) is 1. The Kier molecular flexibility index (Phi) is 2.41. The molecule has 1 aliphatic carbocycles. The van der Waals surface area contributed by atoms with E-state index < -0.39 is 5.97 Å². The maximum Gasteiger partial charge on any atom is 0.307 e. The van der Waals surface area contributed by atoms with Crippen molar-refractivity contribution in [3.63, 3.8) is 0 Å². The van der Waals surface area contributed by atoms with Crippen LogP contribution in [-0.4, -0.2) is 11.1 Å². The van der Waals surface area contributed by atoms with Gasteiger partial charge in [-0.2, -0.15) is 0 Å². The fraction of sp³-hybridized carbons (Fsp3) is 0.300. The molecule has 0 heterocycles. The maximum absolute atomic E-state index is 10.7. The van der Waals surface area contributed by atoms with Crippen molar-refractivity contribution < 1.29 is 9.90 Å². The molecule has 0 bridgehead atoms. The van der Waals surface area contributed by atoms with E-state index in [2.05, 4.69) is 0 Å². The summed E-state index contributed by atoms with van der Waals surface area (Å²) in [5.41, 5.74) is 0.892. The maximum atomic E-state index is 10.7. The predicted octanol–water partition coefficient (Wildman–Crippen LogP) is 3.18. The number of halogens is 2. The number of rotatable bonds is 2. The molecular formula is C10H8Cl2O2. The second-order valence-corrected chi connectivity index (χ2v) is 4.30. The topological polar surface area (TPSA) is 37.3 Å². The number of carboxylic acids is 1. The quantitative estimate of drug-likeness (QED) is 0.848. The number of carboxylic acid groups (broad SMARTS) is 1. The number of hydrogen-bond acceptors (Lipinski definition) is 1. The van der Waals surface area contributed by atoms with Gasteiger partial charge >= 0.3 is 5.97 Å². The lowest BCUT2D eigenvalue weighted by atomic mass is 10.1. The summed E-state index contributed by atoms with van der Waals surface area (Å²) in [6, 6.07) is 5.19. The molecule has 0 saturated heterocycles. The normalized spacial score (nSPS) is 24.7. The third kappa shape index (κ3) is 1.72. The van der Waals surface area contributed by atoms with E-state index in [9.17, 15) is 4.79 Å². The lowest BCUT2D eigenvalue weighted by molar-refractivity contribution is -0.138. The number of carbonyl (C=O) groups is 1. The van der Waals surface area contributed by atoms with Gasteiger partial charge in [0.2, 0.25) is 0 Å². The van der Waals surface area contributed by atoms with Crippen LogP contribution in [-0.2, 0) is 4.79 Å². The van der Waals surface area contributed by atoms with Crippen molar-refractivity contribution in [1.82, 2.24) is 0 Å². The first-order chi connectivity index (χ1) is 6.59. The summed E-state index contributed by atoms with van der Waals surface area (Å²) in [6.07, 6.45) is 0.677. The molecule has 1 aromatic rings. The van der Waals surface area contributed by atoms with Crippen molar-refractivity contribution >= 4 is 29.2 Å². The number of aliphatic carboxylic acids is 1. The zero-order chi connectivity index (χ0) is 10.3. The summed E-state index contributed by atoms with van der Waals surface area (Å²) < 4.78 is 0. The minimum Gasteiger partial charge on any atom is -0.481 e. The first kappa shape index (κ1) is 9.81. The van der Waals surface area contributed by atoms with Crippen LogP contribution in [0.3, 0.4) is 0 Å². The van der Waals surface area contributed by atoms with E-state index >= 15 is 0 Å². The van der Waals surface area contributed by atoms with Gasteiger partial charge in [0.15, 0.2) is 0 Å². The van der Waals surface area contributed by atoms with Gasteiger partial charge in [-0.25, -0.2) is 0 Å². The molecule has 2 rings (SSSR count). The summed E-state index contributed by atoms with van der Waals surface area (Å²) in [4.78, 5) is 10.7. The first-order valence-corrected chi connectivity index (χ1v) is 5.03. The van der Waals surface area contributed by atoms with E-state index in [0.717, 1.165) is 5.56 Å². The second kappa shape index (κ2) is 3.44. The highest BCUT2D eigenvalue weighted by Crippen LogP contribution is 2.49. The van der Waals surface area contributed by atoms with Crippen molar-refractivity contribution in [2.75, 3.05) is 0 Å². The third-order valence-electron chi connectivity index (χ3n) is 2.47. The summed E-state index contributed by atoms with van der Waals surface area (Å²) in [5, 5.41) is 9.90. The molecule has 4 heteroatoms. The van der Waals surface area contributed by atoms with Gasteiger partial charge < -0.3 is 5.11 Å². The monoisotopic (exact) mass is 230 g/mol. The SMILES string of the molecule is O=C(O)[C@H]1CC1c1ccc(Cl)cc1Cl. The van der Waals surface area contributed by atoms with Gasteiger partial charge in [0.05, 0.1) is 5.92 Å². The van der Waals surface area contributed by atoms with Crippen molar-refractivity contribution in [3.05, 3.63) is 33.8 Å². The van der Waals surface area contributed by atoms with E-state index in [1.54, 1.807) is 18.2 Å². The molecule has 1 aliphatic rings. The van der Waals surface area contributed by atoms with E-state index in [4.69, 9.17) is 28.3 Å². The van der Waals surface area contributed by atoms with Gasteiger partial charge in [-0.15, -0.1) is 0 Å². The van der Waals surface area contributed by atoms with Crippen LogP contribution in [0.5, 0.6) is 0 Å². The van der Waals surface area contributed by atoms with Crippen LogP contribution in [0.4, 0.5) is 0 Å². The molecule has 14 heavy (non-hydrogen) atoms. The largest absolute Gasteiger partial charge is 0.481 e. The highest BCUT2D eigenvalue weighted by Gasteiger charge is 2.44. The fourth-order valence-electron chi connectivity index (χ4n) is 1.61. The van der Waals surface area contributed by atoms with Crippen molar-refractivity contribution in [3.8, 4) is 0 Å². The first-order valence-electron chi connectivity index (χ1n) is 4.27. The van der Waals surface area contributed by atoms with Crippen LogP contribution in [0.1, 0.15) is 17.9 Å². The summed E-state index contributed by atoms with van der Waals surface area (Å²) in [5.74, 6) is -0.952. The Labute approximate surface area is 91.4 Å². The van der Waals surface area contributed by atoms with Crippen LogP contribution in [0, 0.1) is 5.92 Å². The van der Waals surface area contributed by atoms with Gasteiger partial charge in [0.1, 0.15) is 0 Å². The molecule has 0 spiro atoms. The van der Waals surface area contributed by atoms with Gasteiger partial charge in [-0.3, -0.25) is 4.79 Å². The Bertz CT molecular complexity index is 390. The Morgan fingerprint density at radius 1 is 1.43 bits per heavy atom. The van der Waals surface area contributed by atoms with E-state index in [0.29, 0.717) is 16.5 Å². The summed E-state index contributed by atoms with van der Waals surface area (Å²) in [6.45, 7) is 0. The molecule has 2 nitrogen and oxygen atoms in total. The minimum atomic E-state index is -0.749. The second-order valence-electron chi connectivity index (χ2n) is 3.45. The van der Waals surface area contributed by atoms with Crippen LogP contribution >= 0.6 is 23.2 Å². The van der Waals surface area contributed by atoms with Gasteiger partial charge in [0, 0.05) is 10.0 Å². The Hall–Kier alpha value is -0.730. The average Bonchev–Trinajstić information content (AvgIpc) is 2.83. The minimum absolute atomic E-state index is 0.0669. The standard InChI is InChI=1S/C10H8Cl2O2/c11-5-1-2-6(9(12)3-5)7-4-8(7)10(13)14/h1-3,7-8H,4H2,(H,13,14)/t7?,8-/m0/s1. The molecule has 1 unspecified atom stereocenters. The highest BCUT2D eigenvalue weighted by molar-refractivity contribution is 6.35. The van der Waals surface area contributed by atoms with Crippen LogP contribution in [0.25, 0.3) is 0 Å². The molecule has 1 aromatic carbocycles. The van der Waals surface area contributed by atoms with Crippen LogP contribution < -0.4 is 0 Å². The van der Waals surface area contributed by atoms with Gasteiger partial charge in [-0.05, 0) is 30.0 Å². The van der Waals surface area contributed by atoms with E-state index in [-0.39, 0.29) is 11.8 Å². The van der Waals surface area contributed by atoms with Crippen molar-refractivity contribution in [2.24, 2.45) is 5.92 Å². The molecule has 1 N–H and O–H groups in total. The van der Waals surface area contributed by atoms with Crippen molar-refractivity contribution in [2.45, 2.75) is 12.3 Å². The highest BCUT2D eigenvalue weighted by atomic mass is 35.5. The smallest absolute Gasteiger partial charge is 0.307 e. The summed E-state index contributed by atoms with van der Waals surface area (Å²) in [7, 11) is 0. The Morgan fingerprint density at radius 3 is 2.64 bits per heavy atom. The van der Waals surface area contributed by atoms with Crippen LogP contribution in [0.15, 0.2) is 18.2 Å². The molecule has 74 valence electrons. The zero-order valence-electron chi connectivity index (χ0n) is 7.21. The predicted molar refractivity (Wildman–Crippen MR) is 54.9 cm³/mol. The Morgan fingerprint density at radius 2 is 2.14 bits per heavy atom. The zero-order valence-corrected chi connectivity index (χ0v) is 8.72. The lowest BCUT2D eigenvalue weighted by Crippen LogP contribution is -1.99. The molecule has 0 aliphatic heterocycles. The molecule has 1 saturated carbocycles. The van der Waals surface area contributed by atoms with Gasteiger partial charge in [-0.1, -0.05) is 29.3 Å². The van der Waals surface area contributed by atoms with E-state index in [1.807, 2.05) is 0 Å². The van der Waals surface area contributed by atoms with Crippen molar-refractivity contribution in [1.29, 1.82) is 0 Å². The third-order valence-corrected chi connectivity index (χ3v) is 3.03. The molecule has 0 radical (unpaired) electrons. The summed E-state index contributed by atoms with van der Waals surface area (Å²) >= 11 is 11.7. The Balaban J connectivity index is 2.23. The van der Waals surface area contributed by atoms with E-state index in [1.165, 1.54) is 0 Å². The molecule has 0 amide bonds.